The van der Waals surface area contributed by atoms with Gasteiger partial charge in [-0.05, 0) is 54.7 Å². The molecular formula is C25H23FN2O3. The van der Waals surface area contributed by atoms with Crippen LogP contribution in [0.4, 0.5) is 10.1 Å². The molecule has 3 aromatic rings. The fourth-order valence-electron chi connectivity index (χ4n) is 4.04. The minimum atomic E-state index is -0.654. The zero-order valence-corrected chi connectivity index (χ0v) is 17.7. The molecule has 1 amide bonds. The summed E-state index contributed by atoms with van der Waals surface area (Å²) in [6, 6.07) is 12.7. The van der Waals surface area contributed by atoms with Crippen molar-refractivity contribution in [2.24, 2.45) is 5.41 Å². The zero-order chi connectivity index (χ0) is 22.3. The number of pyridine rings is 1. The number of ketones is 1. The number of rotatable bonds is 3. The second-order valence-electron chi connectivity index (χ2n) is 8.81. The summed E-state index contributed by atoms with van der Waals surface area (Å²) in [5.41, 5.74) is 1.69. The summed E-state index contributed by atoms with van der Waals surface area (Å²) in [6.07, 6.45) is 2.29. The first-order valence-corrected chi connectivity index (χ1v) is 10.1. The Bertz CT molecular complexity index is 1260. The molecule has 1 aliphatic carbocycles. The van der Waals surface area contributed by atoms with Crippen LogP contribution < -0.4 is 10.9 Å². The molecule has 0 saturated heterocycles. The van der Waals surface area contributed by atoms with Crippen molar-refractivity contribution in [3.63, 3.8) is 0 Å². The molecule has 0 saturated carbocycles. The number of carbonyl (C=O) groups excluding carboxylic acids is 2. The Hall–Kier alpha value is -3.54. The third-order valence-corrected chi connectivity index (χ3v) is 5.53. The first-order chi connectivity index (χ1) is 14.6. The van der Waals surface area contributed by atoms with Gasteiger partial charge in [0.15, 0.2) is 5.78 Å². The van der Waals surface area contributed by atoms with E-state index in [4.69, 9.17) is 0 Å². The van der Waals surface area contributed by atoms with E-state index in [9.17, 15) is 18.8 Å². The largest absolute Gasteiger partial charge is 0.322 e. The molecule has 0 aliphatic heterocycles. The molecular weight excluding hydrogens is 395 g/mol. The first kappa shape index (κ1) is 20.7. The van der Waals surface area contributed by atoms with Crippen molar-refractivity contribution >= 4 is 17.4 Å². The quantitative estimate of drug-likeness (QED) is 0.671. The predicted molar refractivity (Wildman–Crippen MR) is 118 cm³/mol. The summed E-state index contributed by atoms with van der Waals surface area (Å²) < 4.78 is 14.9. The van der Waals surface area contributed by atoms with Crippen molar-refractivity contribution in [1.82, 2.24) is 4.57 Å². The van der Waals surface area contributed by atoms with E-state index in [-0.39, 0.29) is 22.4 Å². The maximum Gasteiger partial charge on any atom is 0.268 e. The maximum absolute atomic E-state index is 13.6. The topological polar surface area (TPSA) is 68.2 Å². The summed E-state index contributed by atoms with van der Waals surface area (Å²) in [4.78, 5) is 39.6. The fraction of sp³-hybridized carbons (Fsp3) is 0.240. The van der Waals surface area contributed by atoms with Gasteiger partial charge >= 0.3 is 0 Å². The Kier molecular flexibility index (Phi) is 5.09. The number of anilines is 1. The summed E-state index contributed by atoms with van der Waals surface area (Å²) in [6.45, 7) is 5.81. The minimum Gasteiger partial charge on any atom is -0.322 e. The zero-order valence-electron chi connectivity index (χ0n) is 17.7. The summed E-state index contributed by atoms with van der Waals surface area (Å²) in [7, 11) is 0. The lowest BCUT2D eigenvalue weighted by molar-refractivity contribution is 0.0910. The number of Topliss-reactive ketones (excluding diaryl/α,β-unsaturated/α-hetero) is 1. The highest BCUT2D eigenvalue weighted by molar-refractivity contribution is 6.08. The highest BCUT2D eigenvalue weighted by Gasteiger charge is 2.36. The van der Waals surface area contributed by atoms with Gasteiger partial charge in [0.2, 0.25) is 0 Å². The Balaban J connectivity index is 1.91. The first-order valence-electron chi connectivity index (χ1n) is 10.1. The molecule has 0 spiro atoms. The van der Waals surface area contributed by atoms with Crippen LogP contribution in [0, 0.1) is 18.2 Å². The summed E-state index contributed by atoms with van der Waals surface area (Å²) in [5.74, 6) is -1.26. The van der Waals surface area contributed by atoms with Gasteiger partial charge in [0.25, 0.3) is 11.5 Å². The number of nitrogens with zero attached hydrogens (tertiary/aromatic N) is 1. The number of aromatic nitrogens is 1. The molecule has 1 N–H and O–H groups in total. The number of amides is 1. The van der Waals surface area contributed by atoms with Gasteiger partial charge in [0.05, 0.1) is 0 Å². The van der Waals surface area contributed by atoms with Crippen LogP contribution in [0.3, 0.4) is 0 Å². The lowest BCUT2D eigenvalue weighted by atomic mass is 9.73. The molecule has 158 valence electrons. The minimum absolute atomic E-state index is 0.0801. The Labute approximate surface area is 179 Å². The van der Waals surface area contributed by atoms with Crippen molar-refractivity contribution < 1.29 is 14.0 Å². The van der Waals surface area contributed by atoms with E-state index in [0.29, 0.717) is 29.7 Å². The van der Waals surface area contributed by atoms with Crippen LogP contribution >= 0.6 is 0 Å². The monoisotopic (exact) mass is 418 g/mol. The van der Waals surface area contributed by atoms with Gasteiger partial charge in [-0.3, -0.25) is 19.0 Å². The van der Waals surface area contributed by atoms with E-state index in [1.54, 1.807) is 24.4 Å². The number of aryl methyl sites for hydroxylation is 1. The molecule has 31 heavy (non-hydrogen) atoms. The second kappa shape index (κ2) is 7.61. The van der Waals surface area contributed by atoms with E-state index >= 15 is 0 Å². The lowest BCUT2D eigenvalue weighted by Crippen LogP contribution is -2.37. The summed E-state index contributed by atoms with van der Waals surface area (Å²) in [5, 5.41) is 2.62. The molecule has 0 unspecified atom stereocenters. The lowest BCUT2D eigenvalue weighted by Gasteiger charge is -2.31. The van der Waals surface area contributed by atoms with Crippen molar-refractivity contribution in [2.45, 2.75) is 33.6 Å². The number of hydrogen-bond acceptors (Lipinski definition) is 3. The molecule has 1 heterocycles. The number of fused-ring (bicyclic) bond motifs is 1. The molecule has 1 aliphatic rings. The number of nitrogens with one attached hydrogen (secondary N) is 1. The predicted octanol–water partition coefficient (Wildman–Crippen LogP) is 4.69. The average Bonchev–Trinajstić information content (AvgIpc) is 2.67. The van der Waals surface area contributed by atoms with E-state index in [0.717, 1.165) is 5.56 Å². The van der Waals surface area contributed by atoms with Gasteiger partial charge in [0, 0.05) is 29.6 Å². The second-order valence-corrected chi connectivity index (χ2v) is 8.81. The van der Waals surface area contributed by atoms with Gasteiger partial charge < -0.3 is 5.32 Å². The standard InChI is InChI=1S/C25H23FN2O3/c1-15-7-9-18(10-8-15)28-14-20-19(12-25(2,3)13-21(20)29)22(24(28)31)23(30)27-17-6-4-5-16(26)11-17/h4-11,14H,12-13H2,1-3H3,(H,27,30). The van der Waals surface area contributed by atoms with Crippen molar-refractivity contribution in [3.05, 3.63) is 93.2 Å². The van der Waals surface area contributed by atoms with Gasteiger partial charge in [0.1, 0.15) is 11.4 Å². The maximum atomic E-state index is 13.6. The molecule has 0 bridgehead atoms. The van der Waals surface area contributed by atoms with Gasteiger partial charge in [-0.1, -0.05) is 37.6 Å². The number of carbonyl (C=O) groups is 2. The smallest absolute Gasteiger partial charge is 0.268 e. The molecule has 0 radical (unpaired) electrons. The van der Waals surface area contributed by atoms with Crippen LogP contribution in [-0.2, 0) is 6.42 Å². The van der Waals surface area contributed by atoms with Crippen LogP contribution in [0.5, 0.6) is 0 Å². The number of halogens is 1. The van der Waals surface area contributed by atoms with Crippen molar-refractivity contribution in [2.75, 3.05) is 5.32 Å². The molecule has 0 fully saturated rings. The van der Waals surface area contributed by atoms with Crippen LogP contribution in [0.15, 0.2) is 59.5 Å². The normalized spacial score (nSPS) is 14.8. The highest BCUT2D eigenvalue weighted by atomic mass is 19.1. The SMILES string of the molecule is Cc1ccc(-n2cc3c(c(C(=O)Nc4cccc(F)c4)c2=O)CC(C)(C)CC3=O)cc1. The van der Waals surface area contributed by atoms with E-state index in [1.807, 2.05) is 32.9 Å². The van der Waals surface area contributed by atoms with E-state index in [1.165, 1.54) is 22.8 Å². The van der Waals surface area contributed by atoms with Crippen LogP contribution in [-0.4, -0.2) is 16.3 Å². The third kappa shape index (κ3) is 4.06. The highest BCUT2D eigenvalue weighted by Crippen LogP contribution is 2.36. The van der Waals surface area contributed by atoms with Crippen LogP contribution in [0.1, 0.15) is 52.1 Å². The number of hydrogen-bond donors (Lipinski definition) is 1. The molecule has 4 rings (SSSR count). The Morgan fingerprint density at radius 3 is 2.45 bits per heavy atom. The number of benzene rings is 2. The van der Waals surface area contributed by atoms with Gasteiger partial charge in [-0.25, -0.2) is 4.39 Å². The van der Waals surface area contributed by atoms with Crippen LogP contribution in [0.25, 0.3) is 5.69 Å². The van der Waals surface area contributed by atoms with Gasteiger partial charge in [-0.15, -0.1) is 0 Å². The average molecular weight is 418 g/mol. The van der Waals surface area contributed by atoms with E-state index in [2.05, 4.69) is 5.32 Å². The Morgan fingerprint density at radius 1 is 1.06 bits per heavy atom. The fourth-order valence-corrected chi connectivity index (χ4v) is 4.04. The van der Waals surface area contributed by atoms with Crippen molar-refractivity contribution in [1.29, 1.82) is 0 Å². The third-order valence-electron chi connectivity index (χ3n) is 5.53. The van der Waals surface area contributed by atoms with Crippen molar-refractivity contribution in [3.8, 4) is 5.69 Å². The van der Waals surface area contributed by atoms with Gasteiger partial charge in [-0.2, -0.15) is 0 Å². The molecule has 5 nitrogen and oxygen atoms in total. The molecule has 1 aromatic heterocycles. The molecule has 6 heteroatoms. The molecule has 2 aromatic carbocycles. The Morgan fingerprint density at radius 2 is 1.77 bits per heavy atom. The van der Waals surface area contributed by atoms with Crippen LogP contribution in [0.2, 0.25) is 0 Å². The van der Waals surface area contributed by atoms with E-state index < -0.39 is 17.3 Å². The summed E-state index contributed by atoms with van der Waals surface area (Å²) >= 11 is 0. The molecule has 0 atom stereocenters.